The number of aliphatic hydroxyl groups excluding tert-OH is 1. The van der Waals surface area contributed by atoms with Gasteiger partial charge in [-0.1, -0.05) is 0 Å². The van der Waals surface area contributed by atoms with Crippen molar-refractivity contribution >= 4 is 12.1 Å². The summed E-state index contributed by atoms with van der Waals surface area (Å²) >= 11 is 0. The summed E-state index contributed by atoms with van der Waals surface area (Å²) in [7, 11) is 0. The normalized spacial score (nSPS) is 24.1. The molecule has 0 aromatic carbocycles. The number of ether oxygens (including phenoxy) is 1. The summed E-state index contributed by atoms with van der Waals surface area (Å²) < 4.78 is 5.24. The standard InChI is InChI=1S/C12H21NO5/c1-11(2,3)18-10(17)13-6-4-5-12(13,8-14)7-9(15)16/h14H,4-8H2,1-3H3,(H,15,16). The fourth-order valence-electron chi connectivity index (χ4n) is 2.23. The van der Waals surface area contributed by atoms with Crippen LogP contribution in [0.1, 0.15) is 40.0 Å². The van der Waals surface area contributed by atoms with Crippen molar-refractivity contribution in [3.63, 3.8) is 0 Å². The lowest BCUT2D eigenvalue weighted by Crippen LogP contribution is -2.52. The maximum Gasteiger partial charge on any atom is 0.410 e. The first-order chi connectivity index (χ1) is 8.20. The van der Waals surface area contributed by atoms with Gasteiger partial charge in [-0.3, -0.25) is 9.69 Å². The van der Waals surface area contributed by atoms with E-state index in [4.69, 9.17) is 9.84 Å². The minimum Gasteiger partial charge on any atom is -0.481 e. The maximum atomic E-state index is 12.0. The first-order valence-electron chi connectivity index (χ1n) is 6.03. The van der Waals surface area contributed by atoms with E-state index < -0.39 is 23.2 Å². The maximum absolute atomic E-state index is 12.0. The second-order valence-electron chi connectivity index (χ2n) is 5.69. The first kappa shape index (κ1) is 14.8. The summed E-state index contributed by atoms with van der Waals surface area (Å²) in [4.78, 5) is 24.3. The predicted octanol–water partition coefficient (Wildman–Crippen LogP) is 1.22. The molecule has 0 aromatic heterocycles. The lowest BCUT2D eigenvalue weighted by molar-refractivity contribution is -0.140. The summed E-state index contributed by atoms with van der Waals surface area (Å²) in [5.41, 5.74) is -1.65. The number of amides is 1. The highest BCUT2D eigenvalue weighted by Gasteiger charge is 2.46. The van der Waals surface area contributed by atoms with Gasteiger partial charge in [0.15, 0.2) is 0 Å². The number of carbonyl (C=O) groups excluding carboxylic acids is 1. The summed E-state index contributed by atoms with van der Waals surface area (Å²) in [6.45, 7) is 5.30. The fourth-order valence-corrected chi connectivity index (χ4v) is 2.23. The van der Waals surface area contributed by atoms with Crippen molar-refractivity contribution < 1.29 is 24.5 Å². The van der Waals surface area contributed by atoms with Gasteiger partial charge in [0.2, 0.25) is 0 Å². The number of aliphatic hydroxyl groups is 1. The second kappa shape index (κ2) is 5.14. The van der Waals surface area contributed by atoms with Crippen LogP contribution in [0.5, 0.6) is 0 Å². The molecule has 1 aliphatic rings. The average Bonchev–Trinajstić information content (AvgIpc) is 2.58. The summed E-state index contributed by atoms with van der Waals surface area (Å²) in [6, 6.07) is 0. The minimum atomic E-state index is -1.03. The van der Waals surface area contributed by atoms with Crippen LogP contribution < -0.4 is 0 Å². The van der Waals surface area contributed by atoms with Gasteiger partial charge in [-0.2, -0.15) is 0 Å². The first-order valence-corrected chi connectivity index (χ1v) is 6.03. The van der Waals surface area contributed by atoms with E-state index in [1.165, 1.54) is 4.90 Å². The Kier molecular flexibility index (Phi) is 4.21. The fraction of sp³-hybridized carbons (Fsp3) is 0.833. The van der Waals surface area contributed by atoms with Gasteiger partial charge in [0.05, 0.1) is 18.6 Å². The van der Waals surface area contributed by atoms with E-state index in [1.54, 1.807) is 20.8 Å². The molecule has 6 heteroatoms. The highest BCUT2D eigenvalue weighted by atomic mass is 16.6. The zero-order valence-electron chi connectivity index (χ0n) is 11.1. The van der Waals surface area contributed by atoms with Crippen molar-refractivity contribution in [2.45, 2.75) is 51.2 Å². The topological polar surface area (TPSA) is 87.1 Å². The quantitative estimate of drug-likeness (QED) is 0.795. The van der Waals surface area contributed by atoms with Crippen LogP contribution in [0.25, 0.3) is 0 Å². The molecule has 1 aliphatic heterocycles. The van der Waals surface area contributed by atoms with Crippen LogP contribution >= 0.6 is 0 Å². The number of carboxylic acid groups (broad SMARTS) is 1. The third-order valence-corrected chi connectivity index (χ3v) is 2.98. The molecule has 0 aromatic rings. The number of hydrogen-bond acceptors (Lipinski definition) is 4. The summed E-state index contributed by atoms with van der Waals surface area (Å²) in [6.07, 6.45) is 0.334. The van der Waals surface area contributed by atoms with Crippen molar-refractivity contribution in [2.24, 2.45) is 0 Å². The Labute approximate surface area is 107 Å². The zero-order chi connectivity index (χ0) is 14.0. The molecule has 1 heterocycles. The monoisotopic (exact) mass is 259 g/mol. The number of nitrogens with zero attached hydrogens (tertiary/aromatic N) is 1. The van der Waals surface area contributed by atoms with Gasteiger partial charge in [0.25, 0.3) is 0 Å². The van der Waals surface area contributed by atoms with E-state index in [0.29, 0.717) is 19.4 Å². The van der Waals surface area contributed by atoms with Gasteiger partial charge in [-0.15, -0.1) is 0 Å². The molecule has 0 saturated carbocycles. The minimum absolute atomic E-state index is 0.261. The van der Waals surface area contributed by atoms with Crippen LogP contribution in [0.4, 0.5) is 4.79 Å². The molecule has 104 valence electrons. The number of carboxylic acids is 1. The molecule has 18 heavy (non-hydrogen) atoms. The van der Waals surface area contributed by atoms with Crippen LogP contribution in [-0.4, -0.2) is 51.5 Å². The molecule has 1 amide bonds. The van der Waals surface area contributed by atoms with Crippen molar-refractivity contribution in [3.05, 3.63) is 0 Å². The van der Waals surface area contributed by atoms with E-state index in [2.05, 4.69) is 0 Å². The second-order valence-corrected chi connectivity index (χ2v) is 5.69. The van der Waals surface area contributed by atoms with E-state index in [0.717, 1.165) is 0 Å². The molecule has 0 spiro atoms. The Bertz CT molecular complexity index is 336. The number of hydrogen-bond donors (Lipinski definition) is 2. The lowest BCUT2D eigenvalue weighted by Gasteiger charge is -2.36. The van der Waals surface area contributed by atoms with Crippen LogP contribution in [-0.2, 0) is 9.53 Å². The summed E-state index contributed by atoms with van der Waals surface area (Å²) in [5, 5.41) is 18.4. The average molecular weight is 259 g/mol. The zero-order valence-corrected chi connectivity index (χ0v) is 11.1. The van der Waals surface area contributed by atoms with Crippen LogP contribution in [0, 0.1) is 0 Å². The van der Waals surface area contributed by atoms with Gasteiger partial charge >= 0.3 is 12.1 Å². The van der Waals surface area contributed by atoms with Crippen molar-refractivity contribution in [1.82, 2.24) is 4.90 Å². The predicted molar refractivity (Wildman–Crippen MR) is 64.2 cm³/mol. The van der Waals surface area contributed by atoms with Crippen LogP contribution in [0.15, 0.2) is 0 Å². The lowest BCUT2D eigenvalue weighted by atomic mass is 9.93. The van der Waals surface area contributed by atoms with E-state index >= 15 is 0 Å². The smallest absolute Gasteiger partial charge is 0.410 e. The number of aliphatic carboxylic acids is 1. The largest absolute Gasteiger partial charge is 0.481 e. The van der Waals surface area contributed by atoms with Crippen molar-refractivity contribution in [1.29, 1.82) is 0 Å². The number of likely N-dealkylation sites (tertiary alicyclic amines) is 1. The molecule has 0 radical (unpaired) electrons. The Hall–Kier alpha value is -1.30. The van der Waals surface area contributed by atoms with Gasteiger partial charge in [-0.05, 0) is 33.6 Å². The Balaban J connectivity index is 2.85. The third-order valence-electron chi connectivity index (χ3n) is 2.98. The molecular weight excluding hydrogens is 238 g/mol. The van der Waals surface area contributed by atoms with E-state index in [-0.39, 0.29) is 13.0 Å². The highest BCUT2D eigenvalue weighted by Crippen LogP contribution is 2.33. The molecule has 2 N–H and O–H groups in total. The third kappa shape index (κ3) is 3.35. The molecule has 1 atom stereocenters. The molecule has 6 nitrogen and oxygen atoms in total. The molecule has 1 saturated heterocycles. The molecule has 0 bridgehead atoms. The number of rotatable bonds is 3. The van der Waals surface area contributed by atoms with Crippen molar-refractivity contribution in [2.75, 3.05) is 13.2 Å². The SMILES string of the molecule is CC(C)(C)OC(=O)N1CCCC1(CO)CC(=O)O. The highest BCUT2D eigenvalue weighted by molar-refractivity contribution is 5.73. The Morgan fingerprint density at radius 2 is 2.00 bits per heavy atom. The summed E-state index contributed by atoms with van der Waals surface area (Å²) in [5.74, 6) is -1.03. The van der Waals surface area contributed by atoms with Crippen molar-refractivity contribution in [3.8, 4) is 0 Å². The van der Waals surface area contributed by atoms with Gasteiger partial charge in [0, 0.05) is 6.54 Å². The van der Waals surface area contributed by atoms with Crippen LogP contribution in [0.3, 0.4) is 0 Å². The van der Waals surface area contributed by atoms with Gasteiger partial charge in [0.1, 0.15) is 5.60 Å². The molecule has 1 unspecified atom stereocenters. The Morgan fingerprint density at radius 3 is 2.44 bits per heavy atom. The van der Waals surface area contributed by atoms with E-state index in [9.17, 15) is 14.7 Å². The molecule has 1 rings (SSSR count). The van der Waals surface area contributed by atoms with Crippen LogP contribution in [0.2, 0.25) is 0 Å². The van der Waals surface area contributed by atoms with Gasteiger partial charge < -0.3 is 14.9 Å². The Morgan fingerprint density at radius 1 is 1.39 bits per heavy atom. The van der Waals surface area contributed by atoms with E-state index in [1.807, 2.05) is 0 Å². The number of carbonyl (C=O) groups is 2. The molecular formula is C12H21NO5. The molecule has 1 fully saturated rings. The van der Waals surface area contributed by atoms with Gasteiger partial charge in [-0.25, -0.2) is 4.79 Å². The molecule has 0 aliphatic carbocycles.